The molecular formula is C23H23N3O3. The van der Waals surface area contributed by atoms with E-state index in [4.69, 9.17) is 0 Å². The number of amides is 2. The van der Waals surface area contributed by atoms with Crippen LogP contribution in [0, 0.1) is 0 Å². The SMILES string of the molecule is O=C(Cn1c(=O)cc(C(=O)N2CCCCC2)c2ccccc21)Nc1ccccc1. The Kier molecular flexibility index (Phi) is 5.42. The topological polar surface area (TPSA) is 71.4 Å². The molecular weight excluding hydrogens is 366 g/mol. The van der Waals surface area contributed by atoms with Crippen molar-refractivity contribution in [3.8, 4) is 0 Å². The van der Waals surface area contributed by atoms with E-state index in [1.165, 1.54) is 10.6 Å². The number of carbonyl (C=O) groups excluding carboxylic acids is 2. The van der Waals surface area contributed by atoms with Crippen molar-refractivity contribution in [2.24, 2.45) is 0 Å². The summed E-state index contributed by atoms with van der Waals surface area (Å²) in [6.07, 6.45) is 3.10. The Morgan fingerprint density at radius 2 is 1.59 bits per heavy atom. The van der Waals surface area contributed by atoms with Crippen LogP contribution in [-0.4, -0.2) is 34.4 Å². The van der Waals surface area contributed by atoms with Gasteiger partial charge in [-0.1, -0.05) is 36.4 Å². The third kappa shape index (κ3) is 4.06. The standard InChI is InChI=1S/C23H23N3O3/c27-21(24-17-9-3-1-4-10-17)16-26-20-12-6-5-11-18(20)19(15-22(26)28)23(29)25-13-7-2-8-14-25/h1,3-6,9-12,15H,2,7-8,13-14,16H2,(H,24,27). The van der Waals surface area contributed by atoms with Crippen LogP contribution in [-0.2, 0) is 11.3 Å². The Morgan fingerprint density at radius 1 is 0.897 bits per heavy atom. The van der Waals surface area contributed by atoms with E-state index < -0.39 is 0 Å². The van der Waals surface area contributed by atoms with Crippen molar-refractivity contribution < 1.29 is 9.59 Å². The maximum Gasteiger partial charge on any atom is 0.254 e. The Morgan fingerprint density at radius 3 is 2.34 bits per heavy atom. The molecule has 0 unspecified atom stereocenters. The second kappa shape index (κ2) is 8.31. The Balaban J connectivity index is 1.67. The van der Waals surface area contributed by atoms with Crippen molar-refractivity contribution in [1.29, 1.82) is 0 Å². The van der Waals surface area contributed by atoms with Crippen molar-refractivity contribution in [2.75, 3.05) is 18.4 Å². The molecule has 3 aromatic rings. The van der Waals surface area contributed by atoms with Gasteiger partial charge in [-0.3, -0.25) is 19.0 Å². The summed E-state index contributed by atoms with van der Waals surface area (Å²) in [5.41, 5.74) is 1.31. The average molecular weight is 389 g/mol. The Bertz CT molecular complexity index is 1100. The zero-order valence-corrected chi connectivity index (χ0v) is 16.1. The van der Waals surface area contributed by atoms with Crippen molar-refractivity contribution in [3.63, 3.8) is 0 Å². The highest BCUT2D eigenvalue weighted by molar-refractivity contribution is 6.06. The number of pyridine rings is 1. The first kappa shape index (κ1) is 18.9. The van der Waals surface area contributed by atoms with E-state index >= 15 is 0 Å². The number of nitrogens with zero attached hydrogens (tertiary/aromatic N) is 2. The number of piperidine rings is 1. The maximum atomic E-state index is 13.0. The number of benzene rings is 2. The summed E-state index contributed by atoms with van der Waals surface area (Å²) in [6.45, 7) is 1.32. The molecule has 0 radical (unpaired) electrons. The molecule has 1 aromatic heterocycles. The maximum absolute atomic E-state index is 13.0. The predicted octanol–water partition coefficient (Wildman–Crippen LogP) is 3.27. The first-order chi connectivity index (χ1) is 14.1. The van der Waals surface area contributed by atoms with Gasteiger partial charge in [0.05, 0.1) is 11.1 Å². The van der Waals surface area contributed by atoms with Gasteiger partial charge in [-0.15, -0.1) is 0 Å². The largest absolute Gasteiger partial charge is 0.339 e. The summed E-state index contributed by atoms with van der Waals surface area (Å²) in [7, 11) is 0. The lowest BCUT2D eigenvalue weighted by Crippen LogP contribution is -2.37. The molecule has 2 aromatic carbocycles. The van der Waals surface area contributed by atoms with Crippen LogP contribution in [0.1, 0.15) is 29.6 Å². The summed E-state index contributed by atoms with van der Waals surface area (Å²) in [5, 5.41) is 3.49. The van der Waals surface area contributed by atoms with Crippen LogP contribution in [0.15, 0.2) is 65.5 Å². The lowest BCUT2D eigenvalue weighted by molar-refractivity contribution is -0.116. The van der Waals surface area contributed by atoms with Gasteiger partial charge in [0.15, 0.2) is 0 Å². The monoisotopic (exact) mass is 389 g/mol. The second-order valence-corrected chi connectivity index (χ2v) is 7.27. The van der Waals surface area contributed by atoms with E-state index in [1.807, 2.05) is 41.3 Å². The fourth-order valence-electron chi connectivity index (χ4n) is 3.81. The quantitative estimate of drug-likeness (QED) is 0.744. The van der Waals surface area contributed by atoms with Crippen LogP contribution in [0.3, 0.4) is 0 Å². The molecule has 1 fully saturated rings. The number of carbonyl (C=O) groups is 2. The molecule has 1 N–H and O–H groups in total. The number of likely N-dealkylation sites (tertiary alicyclic amines) is 1. The van der Waals surface area contributed by atoms with Gasteiger partial charge in [0.1, 0.15) is 6.54 Å². The number of hydrogen-bond acceptors (Lipinski definition) is 3. The predicted molar refractivity (Wildman–Crippen MR) is 113 cm³/mol. The molecule has 0 bridgehead atoms. The molecule has 0 aliphatic carbocycles. The second-order valence-electron chi connectivity index (χ2n) is 7.27. The molecule has 0 atom stereocenters. The normalized spacial score (nSPS) is 14.0. The van der Waals surface area contributed by atoms with E-state index in [9.17, 15) is 14.4 Å². The minimum atomic E-state index is -0.354. The van der Waals surface area contributed by atoms with Crippen molar-refractivity contribution in [3.05, 3.63) is 76.6 Å². The molecule has 6 heteroatoms. The number of anilines is 1. The molecule has 2 amide bonds. The van der Waals surface area contributed by atoms with Gasteiger partial charge in [0.2, 0.25) is 5.91 Å². The Labute approximate surface area is 168 Å². The fraction of sp³-hybridized carbons (Fsp3) is 0.261. The van der Waals surface area contributed by atoms with Gasteiger partial charge >= 0.3 is 0 Å². The lowest BCUT2D eigenvalue weighted by Gasteiger charge is -2.27. The van der Waals surface area contributed by atoms with Gasteiger partial charge in [0, 0.05) is 30.2 Å². The van der Waals surface area contributed by atoms with Gasteiger partial charge < -0.3 is 10.2 Å². The van der Waals surface area contributed by atoms with E-state index in [-0.39, 0.29) is 23.9 Å². The molecule has 1 aliphatic rings. The van der Waals surface area contributed by atoms with Crippen LogP contribution in [0.5, 0.6) is 0 Å². The smallest absolute Gasteiger partial charge is 0.254 e. The molecule has 148 valence electrons. The first-order valence-corrected chi connectivity index (χ1v) is 9.90. The summed E-state index contributed by atoms with van der Waals surface area (Å²) in [6, 6.07) is 17.7. The number of nitrogens with one attached hydrogen (secondary N) is 1. The minimum absolute atomic E-state index is 0.112. The average Bonchev–Trinajstić information content (AvgIpc) is 2.76. The summed E-state index contributed by atoms with van der Waals surface area (Å²) < 4.78 is 1.42. The van der Waals surface area contributed by atoms with E-state index in [1.54, 1.807) is 18.2 Å². The van der Waals surface area contributed by atoms with Crippen LogP contribution < -0.4 is 10.9 Å². The third-order valence-corrected chi connectivity index (χ3v) is 5.25. The van der Waals surface area contributed by atoms with Crippen LogP contribution in [0.2, 0.25) is 0 Å². The highest BCUT2D eigenvalue weighted by atomic mass is 16.2. The highest BCUT2D eigenvalue weighted by Crippen LogP contribution is 2.21. The summed E-state index contributed by atoms with van der Waals surface area (Å²) in [5.74, 6) is -0.405. The van der Waals surface area contributed by atoms with Crippen LogP contribution in [0.25, 0.3) is 10.9 Å². The summed E-state index contributed by atoms with van der Waals surface area (Å²) >= 11 is 0. The van der Waals surface area contributed by atoms with Gasteiger partial charge in [-0.2, -0.15) is 0 Å². The molecule has 2 heterocycles. The highest BCUT2D eigenvalue weighted by Gasteiger charge is 2.22. The number of fused-ring (bicyclic) bond motifs is 1. The molecule has 0 spiro atoms. The number of hydrogen-bond donors (Lipinski definition) is 1. The van der Waals surface area contributed by atoms with Crippen molar-refractivity contribution in [2.45, 2.75) is 25.8 Å². The van der Waals surface area contributed by atoms with Crippen LogP contribution in [0.4, 0.5) is 5.69 Å². The number of rotatable bonds is 4. The van der Waals surface area contributed by atoms with E-state index in [0.29, 0.717) is 22.2 Å². The Hall–Kier alpha value is -3.41. The minimum Gasteiger partial charge on any atom is -0.339 e. The van der Waals surface area contributed by atoms with Gasteiger partial charge in [0.25, 0.3) is 11.5 Å². The van der Waals surface area contributed by atoms with E-state index in [2.05, 4.69) is 5.32 Å². The van der Waals surface area contributed by atoms with Crippen molar-refractivity contribution in [1.82, 2.24) is 9.47 Å². The molecule has 6 nitrogen and oxygen atoms in total. The van der Waals surface area contributed by atoms with Crippen LogP contribution >= 0.6 is 0 Å². The fourth-order valence-corrected chi connectivity index (χ4v) is 3.81. The zero-order valence-electron chi connectivity index (χ0n) is 16.1. The van der Waals surface area contributed by atoms with Gasteiger partial charge in [-0.05, 0) is 37.5 Å². The lowest BCUT2D eigenvalue weighted by atomic mass is 10.0. The molecule has 1 aliphatic heterocycles. The third-order valence-electron chi connectivity index (χ3n) is 5.25. The summed E-state index contributed by atoms with van der Waals surface area (Å²) in [4.78, 5) is 40.2. The van der Waals surface area contributed by atoms with Gasteiger partial charge in [-0.25, -0.2) is 0 Å². The van der Waals surface area contributed by atoms with Crippen molar-refractivity contribution >= 4 is 28.4 Å². The first-order valence-electron chi connectivity index (χ1n) is 9.90. The number of aromatic nitrogens is 1. The molecule has 1 saturated heterocycles. The molecule has 4 rings (SSSR count). The van der Waals surface area contributed by atoms with E-state index in [0.717, 1.165) is 32.4 Å². The zero-order chi connectivity index (χ0) is 20.2. The molecule has 29 heavy (non-hydrogen) atoms. The number of para-hydroxylation sites is 2. The molecule has 0 saturated carbocycles.